The number of carbonyl (C=O) groups excluding carboxylic acids is 1. The number of amides is 1. The summed E-state index contributed by atoms with van der Waals surface area (Å²) in [5.74, 6) is -7.56. The Labute approximate surface area is 223 Å². The summed E-state index contributed by atoms with van der Waals surface area (Å²) in [4.78, 5) is 12.4. The van der Waals surface area contributed by atoms with E-state index in [1.54, 1.807) is 0 Å². The minimum absolute atomic E-state index is 0.0304. The van der Waals surface area contributed by atoms with E-state index in [0.717, 1.165) is 0 Å². The molecule has 2 aromatic rings. The highest BCUT2D eigenvalue weighted by Crippen LogP contribution is 2.41. The molecule has 38 heavy (non-hydrogen) atoms. The summed E-state index contributed by atoms with van der Waals surface area (Å²) in [6.07, 6.45) is -10.4. The summed E-state index contributed by atoms with van der Waals surface area (Å²) < 4.78 is 135. The number of hydrogen-bond acceptors (Lipinski definition) is 2. The van der Waals surface area contributed by atoms with Crippen LogP contribution < -0.4 is 5.32 Å². The van der Waals surface area contributed by atoms with E-state index in [9.17, 15) is 48.5 Å². The van der Waals surface area contributed by atoms with Gasteiger partial charge in [-0.1, -0.05) is 29.3 Å². The van der Waals surface area contributed by atoms with E-state index in [2.05, 4.69) is 5.32 Å². The van der Waals surface area contributed by atoms with E-state index < -0.39 is 91.6 Å². The van der Waals surface area contributed by atoms with Gasteiger partial charge in [-0.3, -0.25) is 13.4 Å². The number of rotatable bonds is 9. The van der Waals surface area contributed by atoms with Gasteiger partial charge in [-0.05, 0) is 42.8 Å². The lowest BCUT2D eigenvalue weighted by molar-refractivity contribution is -0.140. The second-order valence-corrected chi connectivity index (χ2v) is 10.4. The van der Waals surface area contributed by atoms with Crippen molar-refractivity contribution in [1.82, 2.24) is 5.32 Å². The molecule has 3 nitrogen and oxygen atoms in total. The SMILES string of the molecule is CC(CS(=O)CCF)NC(=O)c1ccc(/C(F)=C/C(c2cc(Cl)c(F)c(Cl)c2)C(F)(F)F)cc1C(F)(F)F. The molecule has 0 saturated carbocycles. The molecule has 15 heteroatoms. The normalized spacial score (nSPS) is 15.2. The number of carbonyl (C=O) groups is 1. The highest BCUT2D eigenvalue weighted by molar-refractivity contribution is 7.85. The number of allylic oxidation sites excluding steroid dienone is 1. The Morgan fingerprint density at radius 1 is 1.08 bits per heavy atom. The highest BCUT2D eigenvalue weighted by Gasteiger charge is 2.41. The van der Waals surface area contributed by atoms with Crippen molar-refractivity contribution < 1.29 is 48.5 Å². The van der Waals surface area contributed by atoms with Gasteiger partial charge in [-0.15, -0.1) is 0 Å². The number of nitrogens with one attached hydrogen (secondary N) is 1. The minimum Gasteiger partial charge on any atom is -0.349 e. The monoisotopic (exact) mass is 613 g/mol. The molecule has 3 unspecified atom stereocenters. The van der Waals surface area contributed by atoms with E-state index in [1.807, 2.05) is 0 Å². The molecule has 0 aromatic heterocycles. The number of hydrogen-bond donors (Lipinski definition) is 1. The van der Waals surface area contributed by atoms with Gasteiger partial charge in [0.25, 0.3) is 5.91 Å². The number of halogens is 11. The Morgan fingerprint density at radius 2 is 1.66 bits per heavy atom. The van der Waals surface area contributed by atoms with Crippen LogP contribution in [0.3, 0.4) is 0 Å². The molecule has 0 radical (unpaired) electrons. The van der Waals surface area contributed by atoms with Crippen LogP contribution in [0.2, 0.25) is 10.0 Å². The van der Waals surface area contributed by atoms with Gasteiger partial charge in [-0.2, -0.15) is 26.3 Å². The average Bonchev–Trinajstić information content (AvgIpc) is 2.78. The quantitative estimate of drug-likeness (QED) is 0.233. The summed E-state index contributed by atoms with van der Waals surface area (Å²) in [5.41, 5.74) is -4.32. The first kappa shape index (κ1) is 32.0. The third-order valence-electron chi connectivity index (χ3n) is 4.99. The maximum Gasteiger partial charge on any atom is 0.417 e. The Balaban J connectivity index is 2.48. The van der Waals surface area contributed by atoms with Gasteiger partial charge >= 0.3 is 12.4 Å². The van der Waals surface area contributed by atoms with E-state index in [1.165, 1.54) is 6.92 Å². The van der Waals surface area contributed by atoms with Crippen molar-refractivity contribution >= 4 is 45.7 Å². The van der Waals surface area contributed by atoms with Crippen molar-refractivity contribution in [3.63, 3.8) is 0 Å². The number of benzene rings is 2. The van der Waals surface area contributed by atoms with Crippen LogP contribution in [-0.4, -0.2) is 40.5 Å². The topological polar surface area (TPSA) is 46.2 Å². The minimum atomic E-state index is -5.22. The number of alkyl halides is 7. The Morgan fingerprint density at radius 3 is 2.16 bits per heavy atom. The second-order valence-electron chi connectivity index (χ2n) is 7.96. The third-order valence-corrected chi connectivity index (χ3v) is 7.03. The lowest BCUT2D eigenvalue weighted by Crippen LogP contribution is -2.37. The predicted molar refractivity (Wildman–Crippen MR) is 127 cm³/mol. The zero-order valence-electron chi connectivity index (χ0n) is 19.1. The third kappa shape index (κ3) is 8.37. The van der Waals surface area contributed by atoms with Gasteiger partial charge < -0.3 is 5.32 Å². The fourth-order valence-electron chi connectivity index (χ4n) is 3.29. The molecule has 0 aliphatic heterocycles. The maximum atomic E-state index is 14.9. The molecule has 0 heterocycles. The molecule has 1 amide bonds. The molecule has 2 aromatic carbocycles. The average molecular weight is 614 g/mol. The summed E-state index contributed by atoms with van der Waals surface area (Å²) >= 11 is 11.1. The van der Waals surface area contributed by atoms with Gasteiger partial charge in [-0.25, -0.2) is 8.78 Å². The van der Waals surface area contributed by atoms with Crippen LogP contribution >= 0.6 is 23.2 Å². The fourth-order valence-corrected chi connectivity index (χ4v) is 4.78. The molecule has 0 fully saturated rings. The maximum absolute atomic E-state index is 14.9. The standard InChI is InChI=1S/C23H18Cl2F9NO2S/c1-11(10-38(37)5-4-26)35-21(36)14-3-2-12(6-16(14)23(32,33)34)19(27)9-15(22(29,30)31)13-7-17(24)20(28)18(25)8-13/h2-3,6-9,11,15H,4-5,10H2,1H3,(H,35,36)/b19-9-. The van der Waals surface area contributed by atoms with Crippen LogP contribution in [0.15, 0.2) is 36.4 Å². The highest BCUT2D eigenvalue weighted by atomic mass is 35.5. The van der Waals surface area contributed by atoms with Gasteiger partial charge in [0.1, 0.15) is 18.4 Å². The molecular weight excluding hydrogens is 596 g/mol. The molecule has 0 saturated heterocycles. The first-order valence-electron chi connectivity index (χ1n) is 10.5. The molecule has 0 bridgehead atoms. The zero-order valence-corrected chi connectivity index (χ0v) is 21.5. The van der Waals surface area contributed by atoms with Crippen molar-refractivity contribution in [3.05, 3.63) is 74.5 Å². The van der Waals surface area contributed by atoms with Gasteiger partial charge in [0.2, 0.25) is 0 Å². The lowest BCUT2D eigenvalue weighted by atomic mass is 9.95. The van der Waals surface area contributed by atoms with Crippen molar-refractivity contribution in [2.45, 2.75) is 31.2 Å². The first-order valence-corrected chi connectivity index (χ1v) is 12.7. The first-order chi connectivity index (χ1) is 17.4. The molecule has 1 N–H and O–H groups in total. The van der Waals surface area contributed by atoms with Gasteiger partial charge in [0.15, 0.2) is 5.82 Å². The summed E-state index contributed by atoms with van der Waals surface area (Å²) in [7, 11) is -1.69. The molecule has 0 aliphatic carbocycles. The molecule has 0 spiro atoms. The largest absolute Gasteiger partial charge is 0.417 e. The van der Waals surface area contributed by atoms with Gasteiger partial charge in [0, 0.05) is 28.2 Å². The van der Waals surface area contributed by atoms with Crippen LogP contribution in [-0.2, 0) is 17.0 Å². The molecule has 0 aliphatic rings. The molecule has 3 atom stereocenters. The summed E-state index contributed by atoms with van der Waals surface area (Å²) in [5, 5.41) is 0.600. The van der Waals surface area contributed by atoms with Crippen molar-refractivity contribution in [2.24, 2.45) is 0 Å². The van der Waals surface area contributed by atoms with Crippen molar-refractivity contribution in [2.75, 3.05) is 18.2 Å². The van der Waals surface area contributed by atoms with E-state index in [4.69, 9.17) is 23.2 Å². The van der Waals surface area contributed by atoms with Gasteiger partial charge in [0.05, 0.1) is 26.9 Å². The van der Waals surface area contributed by atoms with Crippen LogP contribution in [0.25, 0.3) is 5.83 Å². The second kappa shape index (κ2) is 12.7. The van der Waals surface area contributed by atoms with Crippen molar-refractivity contribution in [3.8, 4) is 0 Å². The Hall–Kier alpha value is -2.25. The smallest absolute Gasteiger partial charge is 0.349 e. The van der Waals surface area contributed by atoms with E-state index in [-0.39, 0.29) is 23.6 Å². The lowest BCUT2D eigenvalue weighted by Gasteiger charge is -2.19. The van der Waals surface area contributed by atoms with Crippen LogP contribution in [0.1, 0.15) is 39.9 Å². The zero-order chi connectivity index (χ0) is 29.0. The van der Waals surface area contributed by atoms with Crippen LogP contribution in [0.4, 0.5) is 39.5 Å². The van der Waals surface area contributed by atoms with Crippen LogP contribution in [0.5, 0.6) is 0 Å². The summed E-state index contributed by atoms with van der Waals surface area (Å²) in [6, 6.07) is 1.59. The molecular formula is C23H18Cl2F9NO2S. The predicted octanol–water partition coefficient (Wildman–Crippen LogP) is 7.64. The van der Waals surface area contributed by atoms with Crippen LogP contribution in [0, 0.1) is 5.82 Å². The van der Waals surface area contributed by atoms with Crippen molar-refractivity contribution in [1.29, 1.82) is 0 Å². The summed E-state index contributed by atoms with van der Waals surface area (Å²) in [6.45, 7) is 0.422. The fraction of sp³-hybridized carbons (Fsp3) is 0.348. The van der Waals surface area contributed by atoms with E-state index >= 15 is 0 Å². The Kier molecular flexibility index (Phi) is 10.7. The van der Waals surface area contributed by atoms with E-state index in [0.29, 0.717) is 24.3 Å². The molecule has 2 rings (SSSR count). The Bertz CT molecular complexity index is 1210. The molecule has 210 valence electrons.